The van der Waals surface area contributed by atoms with Gasteiger partial charge in [0.15, 0.2) is 6.73 Å². The molecule has 0 atom stereocenters. The van der Waals surface area contributed by atoms with Crippen molar-refractivity contribution < 1.29 is 26.7 Å². The second-order valence-electron chi connectivity index (χ2n) is 9.81. The molecule has 0 aliphatic carbocycles. The van der Waals surface area contributed by atoms with Crippen molar-refractivity contribution in [2.24, 2.45) is 10.2 Å². The molecule has 1 N–H and O–H groups in total. The van der Waals surface area contributed by atoms with Crippen LogP contribution in [0, 0.1) is 6.92 Å². The van der Waals surface area contributed by atoms with Gasteiger partial charge in [0, 0.05) is 0 Å². The highest BCUT2D eigenvalue weighted by Crippen LogP contribution is 2.27. The van der Waals surface area contributed by atoms with E-state index in [1.807, 2.05) is 37.3 Å². The van der Waals surface area contributed by atoms with Gasteiger partial charge in [-0.25, -0.2) is 0 Å². The summed E-state index contributed by atoms with van der Waals surface area (Å²) in [6.45, 7) is 6.39. The normalized spacial score (nSPS) is 11.6. The van der Waals surface area contributed by atoms with Crippen LogP contribution < -0.4 is 12.4 Å². The number of phenols is 1. The lowest BCUT2D eigenvalue weighted by atomic mass is 10.1. The minimum atomic E-state index is 0. The summed E-state index contributed by atoms with van der Waals surface area (Å²) in [6, 6.07) is 13.3. The van der Waals surface area contributed by atoms with Crippen LogP contribution >= 0.6 is 0 Å². The number of nitrogens with zero attached hydrogens (tertiary/aromatic N) is 3. The second kappa shape index (κ2) is 16.6. The molecule has 0 amide bonds. The molecular weight excluding hydrogens is 446 g/mol. The summed E-state index contributed by atoms with van der Waals surface area (Å²) in [4.78, 5) is 0. The van der Waals surface area contributed by atoms with Crippen molar-refractivity contribution in [2.75, 3.05) is 27.4 Å². The van der Waals surface area contributed by atoms with Crippen LogP contribution in [0.4, 0.5) is 11.4 Å². The number of phenolic OH excluding ortho intramolecular Hbond substituents is 1. The van der Waals surface area contributed by atoms with Crippen molar-refractivity contribution in [1.29, 1.82) is 0 Å². The molecule has 0 bridgehead atoms. The van der Waals surface area contributed by atoms with Gasteiger partial charge in [-0.15, -0.1) is 0 Å². The number of hydrogen-bond acceptors (Lipinski definition) is 4. The van der Waals surface area contributed by atoms with E-state index >= 15 is 0 Å². The Morgan fingerprint density at radius 3 is 2.00 bits per heavy atom. The van der Waals surface area contributed by atoms with Crippen LogP contribution in [0.5, 0.6) is 5.75 Å². The summed E-state index contributed by atoms with van der Waals surface area (Å²) in [5, 5.41) is 19.0. The Balaban J connectivity index is 0.00000578. The summed E-state index contributed by atoms with van der Waals surface area (Å²) in [7, 11) is 4.24. The lowest BCUT2D eigenvalue weighted by molar-refractivity contribution is -0.922. The van der Waals surface area contributed by atoms with E-state index in [4.69, 9.17) is 4.74 Å². The minimum absolute atomic E-state index is 0. The lowest BCUT2D eigenvalue weighted by Gasteiger charge is -2.29. The molecule has 0 heterocycles. The molecule has 0 aliphatic rings. The average Bonchev–Trinajstić information content (AvgIpc) is 2.79. The Hall–Kier alpha value is -1.95. The van der Waals surface area contributed by atoms with Gasteiger partial charge in [0.05, 0.1) is 37.6 Å². The van der Waals surface area contributed by atoms with E-state index in [9.17, 15) is 5.11 Å². The van der Waals surface area contributed by atoms with Crippen molar-refractivity contribution in [1.82, 2.24) is 0 Å². The highest BCUT2D eigenvalue weighted by Gasteiger charge is 2.18. The maximum atomic E-state index is 10.4. The van der Waals surface area contributed by atoms with Crippen LogP contribution in [0.1, 0.15) is 75.8 Å². The number of halogens is 1. The Kier molecular flexibility index (Phi) is 14.7. The first kappa shape index (κ1) is 30.1. The van der Waals surface area contributed by atoms with Crippen molar-refractivity contribution in [3.05, 3.63) is 53.6 Å². The molecule has 0 saturated carbocycles. The third kappa shape index (κ3) is 12.5. The summed E-state index contributed by atoms with van der Waals surface area (Å²) < 4.78 is 6.61. The van der Waals surface area contributed by atoms with Gasteiger partial charge in [-0.3, -0.25) is 0 Å². The molecule has 190 valence electrons. The Bertz CT molecular complexity index is 838. The van der Waals surface area contributed by atoms with Crippen molar-refractivity contribution in [2.45, 2.75) is 78.2 Å². The van der Waals surface area contributed by atoms with Gasteiger partial charge in [-0.2, -0.15) is 10.2 Å². The van der Waals surface area contributed by atoms with Gasteiger partial charge in [-0.05, 0) is 43.7 Å². The highest BCUT2D eigenvalue weighted by molar-refractivity contribution is 5.47. The lowest BCUT2D eigenvalue weighted by Crippen LogP contribution is -3.00. The van der Waals surface area contributed by atoms with Crippen LogP contribution in [0.15, 0.2) is 52.7 Å². The van der Waals surface area contributed by atoms with Gasteiger partial charge in [0.1, 0.15) is 12.3 Å². The highest BCUT2D eigenvalue weighted by atomic mass is 35.5. The van der Waals surface area contributed by atoms with Crippen molar-refractivity contribution in [3.63, 3.8) is 0 Å². The number of benzene rings is 2. The molecule has 2 aromatic carbocycles. The van der Waals surface area contributed by atoms with E-state index in [-0.39, 0.29) is 18.2 Å². The first-order valence-corrected chi connectivity index (χ1v) is 12.6. The quantitative estimate of drug-likeness (QED) is 0.152. The molecule has 0 saturated heterocycles. The first-order chi connectivity index (χ1) is 15.9. The monoisotopic (exact) mass is 489 g/mol. The molecule has 0 radical (unpaired) electrons. The predicted octanol–water partition coefficient (Wildman–Crippen LogP) is 5.20. The maximum absolute atomic E-state index is 10.4. The molecule has 6 heteroatoms. The fourth-order valence-corrected chi connectivity index (χ4v) is 3.82. The zero-order chi connectivity index (χ0) is 23.9. The summed E-state index contributed by atoms with van der Waals surface area (Å²) in [6.07, 6.45) is 11.9. The third-order valence-electron chi connectivity index (χ3n) is 5.81. The number of aromatic hydroxyl groups is 1. The van der Waals surface area contributed by atoms with Gasteiger partial charge in [0.25, 0.3) is 0 Å². The fraction of sp³-hybridized carbons (Fsp3) is 0.571. The zero-order valence-corrected chi connectivity index (χ0v) is 22.4. The van der Waals surface area contributed by atoms with E-state index in [0.29, 0.717) is 17.8 Å². The number of quaternary nitrogens is 1. The average molecular weight is 490 g/mol. The number of aryl methyl sites for hydroxylation is 1. The van der Waals surface area contributed by atoms with Crippen LogP contribution in [0.2, 0.25) is 0 Å². The van der Waals surface area contributed by atoms with Crippen molar-refractivity contribution in [3.8, 4) is 5.75 Å². The smallest absolute Gasteiger partial charge is 0.182 e. The first-order valence-electron chi connectivity index (χ1n) is 12.6. The van der Waals surface area contributed by atoms with E-state index in [1.54, 1.807) is 12.1 Å². The Morgan fingerprint density at radius 1 is 0.794 bits per heavy atom. The Morgan fingerprint density at radius 2 is 1.35 bits per heavy atom. The maximum Gasteiger partial charge on any atom is 0.182 e. The minimum Gasteiger partial charge on any atom is -1.00 e. The molecular formula is C28H44ClN3O2. The topological polar surface area (TPSA) is 54.2 Å². The third-order valence-corrected chi connectivity index (χ3v) is 5.81. The van der Waals surface area contributed by atoms with E-state index in [0.717, 1.165) is 30.0 Å². The van der Waals surface area contributed by atoms with Gasteiger partial charge in [-0.1, -0.05) is 76.0 Å². The molecule has 2 aromatic rings. The molecule has 34 heavy (non-hydrogen) atoms. The Labute approximate surface area is 213 Å². The molecule has 0 spiro atoms. The summed E-state index contributed by atoms with van der Waals surface area (Å²) >= 11 is 0. The number of ether oxygens (including phenoxy) is 1. The van der Waals surface area contributed by atoms with Crippen LogP contribution in [0.3, 0.4) is 0 Å². The molecule has 0 aliphatic heterocycles. The summed E-state index contributed by atoms with van der Waals surface area (Å²) in [5.74, 6) is 0.287. The van der Waals surface area contributed by atoms with Crippen LogP contribution in [0.25, 0.3) is 0 Å². The number of unbranched alkanes of at least 4 members (excludes halogenated alkanes) is 8. The van der Waals surface area contributed by atoms with Crippen molar-refractivity contribution >= 4 is 11.4 Å². The fourth-order valence-electron chi connectivity index (χ4n) is 3.82. The number of hydrogen-bond donors (Lipinski definition) is 1. The largest absolute Gasteiger partial charge is 1.00 e. The summed E-state index contributed by atoms with van der Waals surface area (Å²) in [5.41, 5.74) is 3.60. The van der Waals surface area contributed by atoms with Crippen LogP contribution in [-0.2, 0) is 11.3 Å². The van der Waals surface area contributed by atoms with E-state index in [2.05, 4.69) is 31.2 Å². The SMILES string of the molecule is CCCCCCCCCCCOC[N+](C)(C)Cc1cc(N=Nc2ccc(C)cc2)ccc1O.[Cl-]. The second-order valence-corrected chi connectivity index (χ2v) is 9.81. The predicted molar refractivity (Wildman–Crippen MR) is 137 cm³/mol. The number of rotatable bonds is 16. The molecule has 0 fully saturated rings. The zero-order valence-electron chi connectivity index (χ0n) is 21.6. The molecule has 0 unspecified atom stereocenters. The standard InChI is InChI=1S/C28H43N3O2.ClH/c1-5-6-7-8-9-10-11-12-13-20-33-23-31(3,4)22-25-21-27(18-19-28(25)32)30-29-26-16-14-24(2)15-17-26;/h14-19,21H,5-13,20,22-23H2,1-4H3;1H. The van der Waals surface area contributed by atoms with Gasteiger partial charge in [0.2, 0.25) is 0 Å². The van der Waals surface area contributed by atoms with Gasteiger partial charge >= 0.3 is 0 Å². The molecule has 2 rings (SSSR count). The van der Waals surface area contributed by atoms with E-state index in [1.165, 1.54) is 56.9 Å². The molecule has 5 nitrogen and oxygen atoms in total. The van der Waals surface area contributed by atoms with Gasteiger partial charge < -0.3 is 26.7 Å². The van der Waals surface area contributed by atoms with Crippen LogP contribution in [-0.4, -0.2) is 37.0 Å². The molecule has 0 aromatic heterocycles. The number of azo groups is 1. The van der Waals surface area contributed by atoms with E-state index < -0.39 is 0 Å².